The summed E-state index contributed by atoms with van der Waals surface area (Å²) in [6, 6.07) is 32.5. The van der Waals surface area contributed by atoms with Gasteiger partial charge in [0.25, 0.3) is 0 Å². The molecule has 4 aromatic carbocycles. The van der Waals surface area contributed by atoms with Gasteiger partial charge in [-0.25, -0.2) is 0 Å². The average molecular weight is 475 g/mol. The Bertz CT molecular complexity index is 1210. The summed E-state index contributed by atoms with van der Waals surface area (Å²) in [7, 11) is 0. The monoisotopic (exact) mass is 474 g/mol. The number of hydrogen-bond donors (Lipinski definition) is 0. The quantitative estimate of drug-likeness (QED) is 0.329. The zero-order valence-corrected chi connectivity index (χ0v) is 20.0. The van der Waals surface area contributed by atoms with Gasteiger partial charge in [-0.3, -0.25) is 0 Å². The Kier molecular flexibility index (Phi) is 5.39. The van der Waals surface area contributed by atoms with Gasteiger partial charge in [-0.1, -0.05) is 0 Å². The van der Waals surface area contributed by atoms with E-state index in [1.165, 1.54) is 22.3 Å². The Hall–Kier alpha value is -1.83. The van der Waals surface area contributed by atoms with Gasteiger partial charge in [0, 0.05) is 0 Å². The topological polar surface area (TPSA) is 0 Å². The van der Waals surface area contributed by atoms with Crippen LogP contribution in [0.3, 0.4) is 0 Å². The van der Waals surface area contributed by atoms with Crippen molar-refractivity contribution in [2.75, 3.05) is 0 Å². The van der Waals surface area contributed by atoms with Gasteiger partial charge in [0.2, 0.25) is 0 Å². The van der Waals surface area contributed by atoms with Crippen LogP contribution in [0.15, 0.2) is 84.9 Å². The van der Waals surface area contributed by atoms with Crippen LogP contribution in [0, 0.1) is 0 Å². The van der Waals surface area contributed by atoms with Crippen LogP contribution in [-0.2, 0) is 32.0 Å². The average Bonchev–Trinajstić information content (AvgIpc) is 3.29. The van der Waals surface area contributed by atoms with Crippen LogP contribution >= 0.6 is 0 Å². The van der Waals surface area contributed by atoms with Crippen molar-refractivity contribution in [3.05, 3.63) is 118 Å². The van der Waals surface area contributed by atoms with Crippen LogP contribution in [0.5, 0.6) is 0 Å². The third-order valence-corrected chi connectivity index (χ3v) is 10.0. The number of hydrogen-bond acceptors (Lipinski definition) is 0. The number of benzene rings is 4. The third kappa shape index (κ3) is 2.93. The fourth-order valence-electron chi connectivity index (χ4n) is 5.89. The zero-order valence-electron chi connectivity index (χ0n) is 16.9. The predicted octanol–water partition coefficient (Wildman–Crippen LogP) is 0.716. The predicted molar refractivity (Wildman–Crippen MR) is 115 cm³/mol. The second-order valence-corrected chi connectivity index (χ2v) is 10.8. The summed E-state index contributed by atoms with van der Waals surface area (Å²) >= 11 is -0.309. The molecule has 0 fully saturated rings. The Morgan fingerprint density at radius 3 is 1.39 bits per heavy atom. The van der Waals surface area contributed by atoms with Gasteiger partial charge < -0.3 is 24.8 Å². The van der Waals surface area contributed by atoms with Crippen LogP contribution in [0.1, 0.15) is 41.8 Å². The molecule has 0 nitrogen and oxygen atoms in total. The first-order valence-electron chi connectivity index (χ1n) is 10.6. The minimum absolute atomic E-state index is 0. The molecular weight excluding hydrogens is 455 g/mol. The zero-order chi connectivity index (χ0) is 18.9. The SMILES string of the molecule is [Cl-].[Cl-].c1ccc2c(c1)-c1cccc3c1[CH]2[Ti+2][CH]1c2ccccc2-c2cccc(c21)CC3. The minimum atomic E-state index is -0.309. The maximum atomic E-state index is 2.40. The molecule has 3 aliphatic rings. The molecule has 2 aliphatic carbocycles. The van der Waals surface area contributed by atoms with E-state index in [2.05, 4.69) is 84.9 Å². The molecule has 0 aromatic heterocycles. The molecule has 0 bridgehead atoms. The van der Waals surface area contributed by atoms with E-state index >= 15 is 0 Å². The Balaban J connectivity index is 0.00000102. The van der Waals surface area contributed by atoms with E-state index in [4.69, 9.17) is 0 Å². The van der Waals surface area contributed by atoms with Crippen molar-refractivity contribution in [1.29, 1.82) is 0 Å². The summed E-state index contributed by atoms with van der Waals surface area (Å²) in [6.07, 6.45) is 2.30. The molecule has 0 N–H and O–H groups in total. The molecule has 150 valence electrons. The molecule has 3 heteroatoms. The van der Waals surface area contributed by atoms with Crippen LogP contribution in [0.2, 0.25) is 0 Å². The van der Waals surface area contributed by atoms with Gasteiger partial charge in [0.1, 0.15) is 0 Å². The van der Waals surface area contributed by atoms with Gasteiger partial charge >= 0.3 is 181 Å². The van der Waals surface area contributed by atoms with Gasteiger partial charge in [0.05, 0.1) is 0 Å². The number of rotatable bonds is 0. The van der Waals surface area contributed by atoms with Crippen molar-refractivity contribution in [3.8, 4) is 22.3 Å². The molecule has 31 heavy (non-hydrogen) atoms. The molecule has 0 spiro atoms. The van der Waals surface area contributed by atoms with Gasteiger partial charge in [-0.15, -0.1) is 0 Å². The summed E-state index contributed by atoms with van der Waals surface area (Å²) < 4.78 is 1.24. The Morgan fingerprint density at radius 2 is 0.903 bits per heavy atom. The van der Waals surface area contributed by atoms with E-state index in [9.17, 15) is 0 Å². The fraction of sp³-hybridized carbons (Fsp3) is 0.143. The molecule has 7 rings (SSSR count). The number of halogens is 2. The van der Waals surface area contributed by atoms with Crippen molar-refractivity contribution >= 4 is 0 Å². The van der Waals surface area contributed by atoms with Crippen molar-refractivity contribution in [2.24, 2.45) is 0 Å². The molecule has 2 atom stereocenters. The van der Waals surface area contributed by atoms with E-state index in [1.807, 2.05) is 0 Å². The van der Waals surface area contributed by atoms with Crippen LogP contribution < -0.4 is 24.8 Å². The molecule has 1 aliphatic heterocycles. The van der Waals surface area contributed by atoms with Crippen molar-refractivity contribution < 1.29 is 44.0 Å². The van der Waals surface area contributed by atoms with Crippen LogP contribution in [0.25, 0.3) is 22.3 Å². The number of fused-ring (bicyclic) bond motifs is 6. The molecule has 0 saturated heterocycles. The molecule has 0 amide bonds. The molecular formula is C28H20Cl2Ti. The molecule has 1 heterocycles. The van der Waals surface area contributed by atoms with Crippen LogP contribution in [-0.4, -0.2) is 0 Å². The van der Waals surface area contributed by atoms with Gasteiger partial charge in [0.15, 0.2) is 0 Å². The second-order valence-electron chi connectivity index (χ2n) is 8.46. The van der Waals surface area contributed by atoms with E-state index in [0.717, 1.165) is 12.8 Å². The summed E-state index contributed by atoms with van der Waals surface area (Å²) in [5.41, 5.74) is 15.6. The first kappa shape index (κ1) is 21.0. The molecule has 2 unspecified atom stereocenters. The van der Waals surface area contributed by atoms with E-state index in [0.29, 0.717) is 8.45 Å². The maximum absolute atomic E-state index is 2.40. The summed E-state index contributed by atoms with van der Waals surface area (Å²) in [6.45, 7) is 0. The molecule has 0 saturated carbocycles. The first-order valence-corrected chi connectivity index (χ1v) is 12.4. The molecule has 4 aromatic rings. The fourth-order valence-corrected chi connectivity index (χ4v) is 9.35. The summed E-state index contributed by atoms with van der Waals surface area (Å²) in [4.78, 5) is 0. The van der Waals surface area contributed by atoms with Crippen molar-refractivity contribution in [3.63, 3.8) is 0 Å². The normalized spacial score (nSPS) is 18.2. The Labute approximate surface area is 204 Å². The van der Waals surface area contributed by atoms with Gasteiger partial charge in [-0.2, -0.15) is 0 Å². The number of aryl methyl sites for hydroxylation is 2. The van der Waals surface area contributed by atoms with Crippen LogP contribution in [0.4, 0.5) is 0 Å². The first-order chi connectivity index (χ1) is 14.4. The van der Waals surface area contributed by atoms with E-state index < -0.39 is 0 Å². The van der Waals surface area contributed by atoms with Crippen molar-refractivity contribution in [2.45, 2.75) is 21.3 Å². The summed E-state index contributed by atoms with van der Waals surface area (Å²) in [5, 5.41) is 0. The summed E-state index contributed by atoms with van der Waals surface area (Å²) in [5.74, 6) is 0. The van der Waals surface area contributed by atoms with Gasteiger partial charge in [-0.05, 0) is 0 Å². The standard InChI is InChI=1S/C28H20.2ClH.Ti/c1-3-11-23-21(7-1)17-27-19(9-5-13-25(23)27)15-16-20-10-6-14-26-24-12-4-2-8-22(24)18-28(20)26;;;/h1-14,17-18H,15-16H2;2*1H;/q;;;+2/p-2. The van der Waals surface area contributed by atoms with E-state index in [1.54, 1.807) is 33.4 Å². The molecule has 0 radical (unpaired) electrons. The van der Waals surface area contributed by atoms with E-state index in [-0.39, 0.29) is 44.0 Å². The Morgan fingerprint density at radius 1 is 0.484 bits per heavy atom. The third-order valence-electron chi connectivity index (χ3n) is 7.09. The second kappa shape index (κ2) is 7.94. The van der Waals surface area contributed by atoms with Crippen molar-refractivity contribution in [1.82, 2.24) is 0 Å².